The van der Waals surface area contributed by atoms with Crippen LogP contribution < -0.4 is 5.32 Å². The Morgan fingerprint density at radius 3 is 3.12 bits per heavy atom. The molecule has 0 spiro atoms. The molecule has 1 aromatic rings. The van der Waals surface area contributed by atoms with E-state index in [1.165, 1.54) is 0 Å². The fraction of sp³-hybridized carbons (Fsp3) is 0.583. The van der Waals surface area contributed by atoms with Crippen molar-refractivity contribution < 1.29 is 9.47 Å². The summed E-state index contributed by atoms with van der Waals surface area (Å²) in [6.45, 7) is 5.00. The number of hydrogen-bond acceptors (Lipinski definition) is 4. The number of rotatable bonds is 4. The molecule has 1 N–H and O–H groups in total. The van der Waals surface area contributed by atoms with E-state index in [0.29, 0.717) is 19.8 Å². The monoisotopic (exact) mass is 222 g/mol. The number of pyridine rings is 1. The van der Waals surface area contributed by atoms with Crippen LogP contribution in [0, 0.1) is 0 Å². The van der Waals surface area contributed by atoms with Crippen LogP contribution in [0.2, 0.25) is 0 Å². The zero-order valence-corrected chi connectivity index (χ0v) is 9.56. The van der Waals surface area contributed by atoms with E-state index in [9.17, 15) is 0 Å². The van der Waals surface area contributed by atoms with Crippen LogP contribution in [-0.4, -0.2) is 37.5 Å². The molecule has 2 rings (SSSR count). The molecule has 1 aliphatic heterocycles. The van der Waals surface area contributed by atoms with E-state index in [-0.39, 0.29) is 12.1 Å². The molecule has 0 bridgehead atoms. The van der Waals surface area contributed by atoms with Gasteiger partial charge in [0, 0.05) is 18.8 Å². The summed E-state index contributed by atoms with van der Waals surface area (Å²) in [4.78, 5) is 4.31. The molecule has 0 saturated carbocycles. The summed E-state index contributed by atoms with van der Waals surface area (Å²) < 4.78 is 10.9. The lowest BCUT2D eigenvalue weighted by atomic mass is 10.2. The van der Waals surface area contributed by atoms with Gasteiger partial charge in [-0.25, -0.2) is 0 Å². The van der Waals surface area contributed by atoms with E-state index in [1.54, 1.807) is 0 Å². The Morgan fingerprint density at radius 2 is 2.44 bits per heavy atom. The Kier molecular flexibility index (Phi) is 4.27. The number of nitrogens with zero attached hydrogens (tertiary/aromatic N) is 1. The maximum absolute atomic E-state index is 5.56. The predicted molar refractivity (Wildman–Crippen MR) is 61.2 cm³/mol. The van der Waals surface area contributed by atoms with Crippen molar-refractivity contribution in [1.82, 2.24) is 10.3 Å². The fourth-order valence-corrected chi connectivity index (χ4v) is 1.70. The molecule has 2 heterocycles. The van der Waals surface area contributed by atoms with Gasteiger partial charge in [0.25, 0.3) is 0 Å². The highest BCUT2D eigenvalue weighted by atomic mass is 16.6. The second kappa shape index (κ2) is 5.94. The van der Waals surface area contributed by atoms with Crippen molar-refractivity contribution in [3.8, 4) is 0 Å². The van der Waals surface area contributed by atoms with Gasteiger partial charge < -0.3 is 14.8 Å². The Bertz CT molecular complexity index is 299. The molecule has 2 atom stereocenters. The lowest BCUT2D eigenvalue weighted by Gasteiger charge is -2.24. The molecule has 4 nitrogen and oxygen atoms in total. The Balaban J connectivity index is 1.77. The molecular formula is C12H18N2O2. The highest BCUT2D eigenvalue weighted by Gasteiger charge is 2.15. The van der Waals surface area contributed by atoms with E-state index in [0.717, 1.165) is 12.2 Å². The van der Waals surface area contributed by atoms with E-state index in [2.05, 4.69) is 17.2 Å². The van der Waals surface area contributed by atoms with Gasteiger partial charge in [-0.2, -0.15) is 0 Å². The molecule has 1 saturated heterocycles. The molecule has 0 aromatic carbocycles. The van der Waals surface area contributed by atoms with Gasteiger partial charge in [-0.15, -0.1) is 0 Å². The lowest BCUT2D eigenvalue weighted by molar-refractivity contribution is -0.0870. The average Bonchev–Trinajstić information content (AvgIpc) is 2.38. The maximum atomic E-state index is 5.56. The molecule has 0 radical (unpaired) electrons. The van der Waals surface area contributed by atoms with Crippen LogP contribution in [0.5, 0.6) is 0 Å². The Hall–Kier alpha value is -0.970. The standard InChI is InChI=1S/C12H18N2O2/c1-10(12-4-2-3-5-13-12)14-8-11-9-15-6-7-16-11/h2-5,10-11,14H,6-9H2,1H3. The van der Waals surface area contributed by atoms with Crippen LogP contribution in [0.15, 0.2) is 24.4 Å². The third-order valence-corrected chi connectivity index (χ3v) is 2.67. The number of hydrogen-bond donors (Lipinski definition) is 1. The van der Waals surface area contributed by atoms with Gasteiger partial charge in [0.1, 0.15) is 0 Å². The van der Waals surface area contributed by atoms with Crippen LogP contribution in [0.3, 0.4) is 0 Å². The number of nitrogens with one attached hydrogen (secondary N) is 1. The third-order valence-electron chi connectivity index (χ3n) is 2.67. The van der Waals surface area contributed by atoms with Crippen LogP contribution in [0.4, 0.5) is 0 Å². The molecule has 88 valence electrons. The SMILES string of the molecule is CC(NCC1COCCO1)c1ccccn1. The van der Waals surface area contributed by atoms with Crippen molar-refractivity contribution in [2.24, 2.45) is 0 Å². The maximum Gasteiger partial charge on any atom is 0.0933 e. The van der Waals surface area contributed by atoms with E-state index < -0.39 is 0 Å². The zero-order chi connectivity index (χ0) is 11.2. The summed E-state index contributed by atoms with van der Waals surface area (Å²) in [6, 6.07) is 6.19. The Labute approximate surface area is 96.0 Å². The van der Waals surface area contributed by atoms with E-state index >= 15 is 0 Å². The van der Waals surface area contributed by atoms with Crippen LogP contribution >= 0.6 is 0 Å². The summed E-state index contributed by atoms with van der Waals surface area (Å²) in [6.07, 6.45) is 1.98. The molecule has 16 heavy (non-hydrogen) atoms. The van der Waals surface area contributed by atoms with Gasteiger partial charge in [-0.3, -0.25) is 4.98 Å². The molecule has 4 heteroatoms. The quantitative estimate of drug-likeness (QED) is 0.830. The van der Waals surface area contributed by atoms with Gasteiger partial charge in [0.2, 0.25) is 0 Å². The minimum atomic E-state index is 0.167. The van der Waals surface area contributed by atoms with Gasteiger partial charge in [-0.05, 0) is 19.1 Å². The second-order valence-electron chi connectivity index (χ2n) is 3.95. The summed E-state index contributed by atoms with van der Waals surface area (Å²) >= 11 is 0. The molecule has 1 aromatic heterocycles. The summed E-state index contributed by atoms with van der Waals surface area (Å²) in [5, 5.41) is 3.40. The molecular weight excluding hydrogens is 204 g/mol. The van der Waals surface area contributed by atoms with E-state index in [4.69, 9.17) is 9.47 Å². The highest BCUT2D eigenvalue weighted by molar-refractivity contribution is 5.07. The van der Waals surface area contributed by atoms with Gasteiger partial charge in [0.05, 0.1) is 31.6 Å². The summed E-state index contributed by atoms with van der Waals surface area (Å²) in [5.74, 6) is 0. The molecule has 1 aliphatic rings. The fourth-order valence-electron chi connectivity index (χ4n) is 1.70. The summed E-state index contributed by atoms with van der Waals surface area (Å²) in [7, 11) is 0. The predicted octanol–water partition coefficient (Wildman–Crippen LogP) is 1.15. The largest absolute Gasteiger partial charge is 0.376 e. The number of aromatic nitrogens is 1. The van der Waals surface area contributed by atoms with Crippen molar-refractivity contribution >= 4 is 0 Å². The van der Waals surface area contributed by atoms with Gasteiger partial charge >= 0.3 is 0 Å². The van der Waals surface area contributed by atoms with Crippen molar-refractivity contribution in [3.05, 3.63) is 30.1 Å². The summed E-state index contributed by atoms with van der Waals surface area (Å²) in [5.41, 5.74) is 1.05. The van der Waals surface area contributed by atoms with Crippen LogP contribution in [0.25, 0.3) is 0 Å². The third kappa shape index (κ3) is 3.27. The highest BCUT2D eigenvalue weighted by Crippen LogP contribution is 2.08. The van der Waals surface area contributed by atoms with Crippen molar-refractivity contribution in [1.29, 1.82) is 0 Å². The normalized spacial score (nSPS) is 22.9. The molecule has 0 amide bonds. The second-order valence-corrected chi connectivity index (χ2v) is 3.95. The molecule has 1 fully saturated rings. The van der Waals surface area contributed by atoms with Gasteiger partial charge in [0.15, 0.2) is 0 Å². The first-order chi connectivity index (χ1) is 7.86. The lowest BCUT2D eigenvalue weighted by Crippen LogP contribution is -2.38. The molecule has 0 aliphatic carbocycles. The first-order valence-electron chi connectivity index (χ1n) is 5.70. The first-order valence-corrected chi connectivity index (χ1v) is 5.70. The van der Waals surface area contributed by atoms with Crippen molar-refractivity contribution in [3.63, 3.8) is 0 Å². The zero-order valence-electron chi connectivity index (χ0n) is 9.56. The first kappa shape index (κ1) is 11.5. The minimum absolute atomic E-state index is 0.167. The van der Waals surface area contributed by atoms with Crippen LogP contribution in [-0.2, 0) is 9.47 Å². The van der Waals surface area contributed by atoms with E-state index in [1.807, 2.05) is 24.4 Å². The van der Waals surface area contributed by atoms with Crippen LogP contribution in [0.1, 0.15) is 18.7 Å². The number of ether oxygens (including phenoxy) is 2. The average molecular weight is 222 g/mol. The topological polar surface area (TPSA) is 43.4 Å². The smallest absolute Gasteiger partial charge is 0.0933 e. The van der Waals surface area contributed by atoms with Gasteiger partial charge in [-0.1, -0.05) is 6.07 Å². The minimum Gasteiger partial charge on any atom is -0.376 e. The van der Waals surface area contributed by atoms with Crippen molar-refractivity contribution in [2.75, 3.05) is 26.4 Å². The Morgan fingerprint density at radius 1 is 1.50 bits per heavy atom. The van der Waals surface area contributed by atoms with Crippen molar-refractivity contribution in [2.45, 2.75) is 19.1 Å². The molecule has 2 unspecified atom stereocenters.